The summed E-state index contributed by atoms with van der Waals surface area (Å²) in [6, 6.07) is 8.46. The number of likely N-dealkylation sites (tertiary alicyclic amines) is 1. The molecule has 0 aromatic heterocycles. The van der Waals surface area contributed by atoms with E-state index in [-0.39, 0.29) is 0 Å². The molecule has 0 amide bonds. The van der Waals surface area contributed by atoms with Gasteiger partial charge in [-0.25, -0.2) is 0 Å². The topological polar surface area (TPSA) is 6.48 Å². The number of halogens is 2. The summed E-state index contributed by atoms with van der Waals surface area (Å²) in [5.41, 5.74) is 3.61. The molecule has 0 saturated carbocycles. The molecule has 2 atom stereocenters. The number of likely N-dealkylation sites (N-methyl/N-ethyl adjacent to an activating group) is 1. The standard InChI is InChI=1S/C22H24Cl2N2/c1-25-14-5-8-21(25)18-6-4-15-26(16-18)22(24)13-3-2-7-20(22)17-9-11-19(23)12-10-17/h2-4,6-7,9-12,16,21H,5,8,13-15H2,1H3. The van der Waals surface area contributed by atoms with Crippen molar-refractivity contribution in [2.75, 3.05) is 20.1 Å². The van der Waals surface area contributed by atoms with E-state index in [9.17, 15) is 0 Å². The second-order valence-corrected chi connectivity index (χ2v) is 8.36. The lowest BCUT2D eigenvalue weighted by Gasteiger charge is -2.43. The van der Waals surface area contributed by atoms with Crippen molar-refractivity contribution in [3.05, 3.63) is 77.0 Å². The van der Waals surface area contributed by atoms with Crippen LogP contribution in [-0.4, -0.2) is 41.0 Å². The number of allylic oxidation sites excluding steroid dienone is 2. The highest BCUT2D eigenvalue weighted by atomic mass is 35.5. The maximum atomic E-state index is 7.28. The largest absolute Gasteiger partial charge is 0.351 e. The van der Waals surface area contributed by atoms with Crippen LogP contribution in [0.25, 0.3) is 5.57 Å². The number of rotatable bonds is 3. The van der Waals surface area contributed by atoms with E-state index in [4.69, 9.17) is 23.2 Å². The van der Waals surface area contributed by atoms with E-state index in [1.54, 1.807) is 0 Å². The highest BCUT2D eigenvalue weighted by Crippen LogP contribution is 2.43. The summed E-state index contributed by atoms with van der Waals surface area (Å²) in [7, 11) is 2.21. The van der Waals surface area contributed by atoms with Gasteiger partial charge in [-0.3, -0.25) is 4.90 Å². The van der Waals surface area contributed by atoms with Crippen LogP contribution >= 0.6 is 23.2 Å². The van der Waals surface area contributed by atoms with Crippen LogP contribution in [0.5, 0.6) is 0 Å². The SMILES string of the molecule is CN1CCCC1C1=CN(C2(Cl)CC=CC=C2c2ccc(Cl)cc2)CC=C1. The molecule has 2 heterocycles. The van der Waals surface area contributed by atoms with Crippen LogP contribution in [0.1, 0.15) is 24.8 Å². The molecule has 1 fully saturated rings. The van der Waals surface area contributed by atoms with Crippen LogP contribution in [-0.2, 0) is 0 Å². The first-order valence-electron chi connectivity index (χ1n) is 9.25. The fourth-order valence-corrected chi connectivity index (χ4v) is 4.70. The van der Waals surface area contributed by atoms with Crippen LogP contribution in [0.3, 0.4) is 0 Å². The van der Waals surface area contributed by atoms with Crippen LogP contribution in [0.15, 0.2) is 66.4 Å². The molecule has 2 unspecified atom stereocenters. The Hall–Kier alpha value is -1.48. The normalized spacial score (nSPS) is 29.0. The third kappa shape index (κ3) is 3.26. The van der Waals surface area contributed by atoms with E-state index in [2.05, 4.69) is 65.6 Å². The van der Waals surface area contributed by atoms with Gasteiger partial charge in [0.2, 0.25) is 0 Å². The first-order chi connectivity index (χ1) is 12.6. The molecular formula is C22H24Cl2N2. The van der Waals surface area contributed by atoms with Crippen molar-refractivity contribution in [3.63, 3.8) is 0 Å². The van der Waals surface area contributed by atoms with E-state index >= 15 is 0 Å². The molecule has 1 saturated heterocycles. The second kappa shape index (κ2) is 7.26. The van der Waals surface area contributed by atoms with Crippen molar-refractivity contribution < 1.29 is 0 Å². The zero-order valence-electron chi connectivity index (χ0n) is 15.0. The molecule has 0 bridgehead atoms. The van der Waals surface area contributed by atoms with Crippen LogP contribution in [0.2, 0.25) is 5.02 Å². The van der Waals surface area contributed by atoms with E-state index in [1.165, 1.54) is 25.0 Å². The van der Waals surface area contributed by atoms with Gasteiger partial charge in [-0.2, -0.15) is 0 Å². The second-order valence-electron chi connectivity index (χ2n) is 7.30. The lowest BCUT2D eigenvalue weighted by Crippen LogP contribution is -2.44. The summed E-state index contributed by atoms with van der Waals surface area (Å²) in [4.78, 5) is 4.16. The van der Waals surface area contributed by atoms with Gasteiger partial charge in [0, 0.05) is 35.8 Å². The molecule has 1 aliphatic carbocycles. The third-order valence-corrected chi connectivity index (χ3v) is 6.46. The van der Waals surface area contributed by atoms with E-state index in [0.29, 0.717) is 6.04 Å². The molecule has 0 N–H and O–H groups in total. The average molecular weight is 387 g/mol. The predicted molar refractivity (Wildman–Crippen MR) is 111 cm³/mol. The molecule has 1 aromatic carbocycles. The smallest absolute Gasteiger partial charge is 0.144 e. The Kier molecular flexibility index (Phi) is 5.00. The van der Waals surface area contributed by atoms with Gasteiger partial charge >= 0.3 is 0 Å². The molecule has 2 nitrogen and oxygen atoms in total. The Morgan fingerprint density at radius 3 is 2.69 bits per heavy atom. The van der Waals surface area contributed by atoms with Crippen molar-refractivity contribution in [3.8, 4) is 0 Å². The quantitative estimate of drug-likeness (QED) is 0.501. The van der Waals surface area contributed by atoms with E-state index in [0.717, 1.165) is 29.1 Å². The number of alkyl halides is 1. The summed E-state index contributed by atoms with van der Waals surface area (Å²) in [5, 5.41) is 0.744. The first kappa shape index (κ1) is 17.9. The van der Waals surface area contributed by atoms with Gasteiger partial charge < -0.3 is 4.90 Å². The van der Waals surface area contributed by atoms with Crippen molar-refractivity contribution in [2.24, 2.45) is 0 Å². The molecule has 0 radical (unpaired) electrons. The molecular weight excluding hydrogens is 363 g/mol. The highest BCUT2D eigenvalue weighted by Gasteiger charge is 2.39. The van der Waals surface area contributed by atoms with Gasteiger partial charge in [0.15, 0.2) is 0 Å². The summed E-state index contributed by atoms with van der Waals surface area (Å²) in [6.07, 6.45) is 16.4. The first-order valence-corrected chi connectivity index (χ1v) is 10.0. The molecule has 4 rings (SSSR count). The van der Waals surface area contributed by atoms with Crippen molar-refractivity contribution in [1.82, 2.24) is 9.80 Å². The van der Waals surface area contributed by atoms with Gasteiger partial charge in [0.05, 0.1) is 0 Å². The highest BCUT2D eigenvalue weighted by molar-refractivity contribution is 6.31. The molecule has 3 aliphatic rings. The van der Waals surface area contributed by atoms with E-state index in [1.807, 2.05) is 12.1 Å². The Morgan fingerprint density at radius 1 is 1.15 bits per heavy atom. The van der Waals surface area contributed by atoms with Gasteiger partial charge in [0.1, 0.15) is 5.00 Å². The number of hydrogen-bond acceptors (Lipinski definition) is 2. The van der Waals surface area contributed by atoms with E-state index < -0.39 is 5.00 Å². The fraction of sp³-hybridized carbons (Fsp3) is 0.364. The molecule has 2 aliphatic heterocycles. The van der Waals surface area contributed by atoms with Gasteiger partial charge in [-0.15, -0.1) is 0 Å². The van der Waals surface area contributed by atoms with Gasteiger partial charge in [0.25, 0.3) is 0 Å². The number of nitrogens with zero attached hydrogens (tertiary/aromatic N) is 2. The average Bonchev–Trinajstić information content (AvgIpc) is 3.09. The summed E-state index contributed by atoms with van der Waals surface area (Å²) < 4.78 is 0. The fourth-order valence-electron chi connectivity index (χ4n) is 4.20. The van der Waals surface area contributed by atoms with Crippen molar-refractivity contribution in [1.29, 1.82) is 0 Å². The summed E-state index contributed by atoms with van der Waals surface area (Å²) >= 11 is 13.4. The maximum absolute atomic E-state index is 7.28. The van der Waals surface area contributed by atoms with Gasteiger partial charge in [-0.1, -0.05) is 65.7 Å². The minimum Gasteiger partial charge on any atom is -0.351 e. The molecule has 1 aromatic rings. The minimum atomic E-state index is -0.574. The summed E-state index contributed by atoms with van der Waals surface area (Å²) in [6.45, 7) is 1.99. The van der Waals surface area contributed by atoms with Crippen LogP contribution in [0.4, 0.5) is 0 Å². The lowest BCUT2D eigenvalue weighted by atomic mass is 9.89. The zero-order chi connectivity index (χ0) is 18.1. The van der Waals surface area contributed by atoms with Crippen molar-refractivity contribution >= 4 is 28.8 Å². The molecule has 4 heteroatoms. The Labute approximate surface area is 166 Å². The Morgan fingerprint density at radius 2 is 1.96 bits per heavy atom. The minimum absolute atomic E-state index is 0.497. The molecule has 26 heavy (non-hydrogen) atoms. The number of benzene rings is 1. The maximum Gasteiger partial charge on any atom is 0.144 e. The third-order valence-electron chi connectivity index (χ3n) is 5.63. The molecule has 136 valence electrons. The van der Waals surface area contributed by atoms with Crippen LogP contribution < -0.4 is 0 Å². The Balaban J connectivity index is 1.67. The van der Waals surface area contributed by atoms with Crippen LogP contribution in [0, 0.1) is 0 Å². The number of hydrogen-bond donors (Lipinski definition) is 0. The Bertz CT molecular complexity index is 791. The molecule has 0 spiro atoms. The zero-order valence-corrected chi connectivity index (χ0v) is 16.5. The van der Waals surface area contributed by atoms with Crippen molar-refractivity contribution in [2.45, 2.75) is 30.3 Å². The lowest BCUT2D eigenvalue weighted by molar-refractivity contribution is 0.298. The van der Waals surface area contributed by atoms with Gasteiger partial charge in [-0.05, 0) is 49.7 Å². The predicted octanol–water partition coefficient (Wildman–Crippen LogP) is 5.47. The summed E-state index contributed by atoms with van der Waals surface area (Å²) in [5.74, 6) is 0. The monoisotopic (exact) mass is 386 g/mol.